The fourth-order valence-electron chi connectivity index (χ4n) is 4.92. The Labute approximate surface area is 196 Å². The molecule has 186 valence electrons. The summed E-state index contributed by atoms with van der Waals surface area (Å²) < 4.78 is 12.3. The summed E-state index contributed by atoms with van der Waals surface area (Å²) in [7, 11) is 0. The van der Waals surface area contributed by atoms with Crippen LogP contribution in [0.3, 0.4) is 0 Å². The molecule has 0 N–H and O–H groups in total. The number of rotatable bonds is 17. The highest BCUT2D eigenvalue weighted by atomic mass is 16.5. The van der Waals surface area contributed by atoms with E-state index in [4.69, 9.17) is 9.47 Å². The molecule has 0 aliphatic carbocycles. The monoisotopic (exact) mass is 452 g/mol. The topological polar surface area (TPSA) is 59.1 Å². The van der Waals surface area contributed by atoms with Crippen LogP contribution in [-0.2, 0) is 19.1 Å². The molecule has 2 aliphatic heterocycles. The summed E-state index contributed by atoms with van der Waals surface area (Å²) in [4.78, 5) is 28.3. The van der Waals surface area contributed by atoms with Crippen LogP contribution < -0.4 is 0 Å². The SMILES string of the molecule is CCCOCCCCCC(CCCCN1CCC(=O)CC1)(OCCC)N1CCC(=O)CC1. The lowest BCUT2D eigenvalue weighted by Crippen LogP contribution is -2.54. The molecule has 6 nitrogen and oxygen atoms in total. The van der Waals surface area contributed by atoms with Gasteiger partial charge in [-0.05, 0) is 57.9 Å². The molecule has 2 aliphatic rings. The number of unbranched alkanes of at least 4 members (excludes halogenated alkanes) is 3. The van der Waals surface area contributed by atoms with E-state index in [1.54, 1.807) is 0 Å². The van der Waals surface area contributed by atoms with Crippen molar-refractivity contribution in [1.29, 1.82) is 0 Å². The van der Waals surface area contributed by atoms with E-state index in [1.807, 2.05) is 0 Å². The number of hydrogen-bond donors (Lipinski definition) is 0. The molecule has 6 heteroatoms. The van der Waals surface area contributed by atoms with Crippen molar-refractivity contribution in [1.82, 2.24) is 9.80 Å². The molecule has 1 atom stereocenters. The number of likely N-dealkylation sites (tertiary alicyclic amines) is 2. The average molecular weight is 453 g/mol. The van der Waals surface area contributed by atoms with Crippen LogP contribution in [0.2, 0.25) is 0 Å². The number of ketones is 2. The first kappa shape index (κ1) is 27.4. The average Bonchev–Trinajstić information content (AvgIpc) is 2.81. The second kappa shape index (κ2) is 15.9. The normalized spacial score (nSPS) is 20.6. The fourth-order valence-corrected chi connectivity index (χ4v) is 4.92. The van der Waals surface area contributed by atoms with Gasteiger partial charge < -0.3 is 14.4 Å². The number of hydrogen-bond acceptors (Lipinski definition) is 6. The number of piperidine rings is 2. The lowest BCUT2D eigenvalue weighted by molar-refractivity contribution is -0.175. The Morgan fingerprint density at radius 3 is 1.94 bits per heavy atom. The maximum absolute atomic E-state index is 11.9. The zero-order valence-electron chi connectivity index (χ0n) is 20.9. The first-order valence-electron chi connectivity index (χ1n) is 13.3. The number of carbonyl (C=O) groups is 2. The van der Waals surface area contributed by atoms with Crippen LogP contribution in [-0.4, -0.2) is 79.6 Å². The first-order chi connectivity index (χ1) is 15.6. The Hall–Kier alpha value is -0.820. The molecule has 0 amide bonds. The lowest BCUT2D eigenvalue weighted by atomic mass is 9.93. The van der Waals surface area contributed by atoms with Crippen LogP contribution in [0.5, 0.6) is 0 Å². The maximum Gasteiger partial charge on any atom is 0.135 e. The van der Waals surface area contributed by atoms with Crippen LogP contribution in [0.25, 0.3) is 0 Å². The highest BCUT2D eigenvalue weighted by Crippen LogP contribution is 2.33. The van der Waals surface area contributed by atoms with E-state index < -0.39 is 0 Å². The summed E-state index contributed by atoms with van der Waals surface area (Å²) >= 11 is 0. The van der Waals surface area contributed by atoms with Gasteiger partial charge in [-0.1, -0.05) is 20.3 Å². The van der Waals surface area contributed by atoms with E-state index in [0.717, 1.165) is 110 Å². The summed E-state index contributed by atoms with van der Waals surface area (Å²) in [5.41, 5.74) is -0.237. The number of Topliss-reactive ketones (excluding diaryl/α,β-unsaturated/α-hetero) is 2. The predicted octanol–water partition coefficient (Wildman–Crippen LogP) is 4.60. The predicted molar refractivity (Wildman–Crippen MR) is 129 cm³/mol. The molecule has 0 spiro atoms. The van der Waals surface area contributed by atoms with Gasteiger partial charge >= 0.3 is 0 Å². The van der Waals surface area contributed by atoms with Crippen LogP contribution in [0, 0.1) is 0 Å². The molecule has 2 heterocycles. The van der Waals surface area contributed by atoms with Gasteiger partial charge in [0.05, 0.1) is 0 Å². The van der Waals surface area contributed by atoms with E-state index in [1.165, 1.54) is 0 Å². The van der Waals surface area contributed by atoms with Gasteiger partial charge in [-0.2, -0.15) is 0 Å². The maximum atomic E-state index is 11.9. The minimum atomic E-state index is -0.237. The van der Waals surface area contributed by atoms with E-state index in [-0.39, 0.29) is 5.72 Å². The molecule has 2 rings (SSSR count). The van der Waals surface area contributed by atoms with Crippen LogP contribution in [0.1, 0.15) is 97.3 Å². The smallest absolute Gasteiger partial charge is 0.135 e. The van der Waals surface area contributed by atoms with Crippen LogP contribution in [0.15, 0.2) is 0 Å². The summed E-state index contributed by atoms with van der Waals surface area (Å²) in [6.07, 6.45) is 12.6. The zero-order valence-corrected chi connectivity index (χ0v) is 20.9. The van der Waals surface area contributed by atoms with Crippen molar-refractivity contribution < 1.29 is 19.1 Å². The molecule has 0 aromatic rings. The van der Waals surface area contributed by atoms with Crippen molar-refractivity contribution in [3.8, 4) is 0 Å². The van der Waals surface area contributed by atoms with Gasteiger partial charge in [-0.15, -0.1) is 0 Å². The number of ether oxygens (including phenoxy) is 2. The van der Waals surface area contributed by atoms with Gasteiger partial charge in [-0.3, -0.25) is 14.5 Å². The minimum Gasteiger partial charge on any atom is -0.381 e. The fraction of sp³-hybridized carbons (Fsp3) is 0.923. The van der Waals surface area contributed by atoms with Crippen LogP contribution >= 0.6 is 0 Å². The molecule has 0 aromatic heterocycles. The van der Waals surface area contributed by atoms with Gasteiger partial charge in [0.15, 0.2) is 0 Å². The van der Waals surface area contributed by atoms with Crippen molar-refractivity contribution in [3.63, 3.8) is 0 Å². The second-order valence-electron chi connectivity index (χ2n) is 9.58. The molecule has 0 bridgehead atoms. The Morgan fingerprint density at radius 1 is 0.719 bits per heavy atom. The molecule has 2 fully saturated rings. The quantitative estimate of drug-likeness (QED) is 0.301. The van der Waals surface area contributed by atoms with E-state index in [9.17, 15) is 9.59 Å². The lowest BCUT2D eigenvalue weighted by Gasteiger charge is -2.46. The van der Waals surface area contributed by atoms with Crippen molar-refractivity contribution in [2.24, 2.45) is 0 Å². The van der Waals surface area contributed by atoms with Crippen molar-refractivity contribution in [2.75, 3.05) is 52.5 Å². The first-order valence-corrected chi connectivity index (χ1v) is 13.3. The third kappa shape index (κ3) is 9.98. The molecule has 0 saturated carbocycles. The van der Waals surface area contributed by atoms with Crippen LogP contribution in [0.4, 0.5) is 0 Å². The molecular weight excluding hydrogens is 404 g/mol. The van der Waals surface area contributed by atoms with Gasteiger partial charge in [0, 0.05) is 71.7 Å². The molecule has 1 unspecified atom stereocenters. The Bertz CT molecular complexity index is 522. The summed E-state index contributed by atoms with van der Waals surface area (Å²) in [6.45, 7) is 11.4. The van der Waals surface area contributed by atoms with Crippen molar-refractivity contribution in [3.05, 3.63) is 0 Å². The number of nitrogens with zero attached hydrogens (tertiary/aromatic N) is 2. The number of carbonyl (C=O) groups excluding carboxylic acids is 2. The van der Waals surface area contributed by atoms with Crippen molar-refractivity contribution >= 4 is 11.6 Å². The minimum absolute atomic E-state index is 0.237. The largest absolute Gasteiger partial charge is 0.381 e. The van der Waals surface area contributed by atoms with Gasteiger partial charge in [-0.25, -0.2) is 0 Å². The zero-order chi connectivity index (χ0) is 23.1. The van der Waals surface area contributed by atoms with Gasteiger partial charge in [0.2, 0.25) is 0 Å². The summed E-state index contributed by atoms with van der Waals surface area (Å²) in [5, 5.41) is 0. The third-order valence-electron chi connectivity index (χ3n) is 6.88. The second-order valence-corrected chi connectivity index (χ2v) is 9.58. The standard InChI is InChI=1S/C26H48N2O4/c1-3-21-31-23-9-5-6-14-26(32-22-4-2,28-19-12-25(30)13-20-28)15-7-8-16-27-17-10-24(29)11-18-27/h3-23H2,1-2H3. The van der Waals surface area contributed by atoms with Gasteiger partial charge in [0.1, 0.15) is 17.3 Å². The van der Waals surface area contributed by atoms with E-state index in [0.29, 0.717) is 37.2 Å². The molecule has 32 heavy (non-hydrogen) atoms. The summed E-state index contributed by atoms with van der Waals surface area (Å²) in [6, 6.07) is 0. The molecule has 0 aromatic carbocycles. The molecule has 0 radical (unpaired) electrons. The molecular formula is C26H48N2O4. The van der Waals surface area contributed by atoms with E-state index >= 15 is 0 Å². The Kier molecular flexibility index (Phi) is 13.6. The molecule has 2 saturated heterocycles. The third-order valence-corrected chi connectivity index (χ3v) is 6.88. The van der Waals surface area contributed by atoms with Gasteiger partial charge in [0.25, 0.3) is 0 Å². The highest BCUT2D eigenvalue weighted by Gasteiger charge is 2.38. The highest BCUT2D eigenvalue weighted by molar-refractivity contribution is 5.79. The van der Waals surface area contributed by atoms with E-state index in [2.05, 4.69) is 23.6 Å². The van der Waals surface area contributed by atoms with Crippen molar-refractivity contribution in [2.45, 2.75) is 103 Å². The Morgan fingerprint density at radius 2 is 1.31 bits per heavy atom. The summed E-state index contributed by atoms with van der Waals surface area (Å²) in [5.74, 6) is 0.798. The Balaban J connectivity index is 1.88.